The van der Waals surface area contributed by atoms with Crippen LogP contribution >= 0.6 is 0 Å². The molecule has 5 heteroatoms. The average Bonchev–Trinajstić information content (AvgIpc) is 2.46. The molecule has 0 saturated carbocycles. The van der Waals surface area contributed by atoms with Gasteiger partial charge in [0.2, 0.25) is 0 Å². The van der Waals surface area contributed by atoms with Crippen molar-refractivity contribution in [3.63, 3.8) is 0 Å². The van der Waals surface area contributed by atoms with Gasteiger partial charge >= 0.3 is 0 Å². The van der Waals surface area contributed by atoms with E-state index in [0.717, 1.165) is 31.6 Å². The SMILES string of the molecule is CCC1CCCN(c2ccc([N+](=O)[O-])cc2C(C)=O)C1. The molecule has 20 heavy (non-hydrogen) atoms. The number of hydrogen-bond donors (Lipinski definition) is 0. The topological polar surface area (TPSA) is 63.4 Å². The summed E-state index contributed by atoms with van der Waals surface area (Å²) in [4.78, 5) is 24.4. The summed E-state index contributed by atoms with van der Waals surface area (Å²) in [7, 11) is 0. The van der Waals surface area contributed by atoms with Crippen molar-refractivity contribution in [1.82, 2.24) is 0 Å². The van der Waals surface area contributed by atoms with Crippen LogP contribution in [0.3, 0.4) is 0 Å². The van der Waals surface area contributed by atoms with Gasteiger partial charge in [-0.25, -0.2) is 0 Å². The fourth-order valence-corrected chi connectivity index (χ4v) is 2.81. The molecule has 1 unspecified atom stereocenters. The van der Waals surface area contributed by atoms with Gasteiger partial charge in [-0.1, -0.05) is 13.3 Å². The molecule has 0 spiro atoms. The molecular formula is C15H20N2O3. The summed E-state index contributed by atoms with van der Waals surface area (Å²) in [6.07, 6.45) is 3.45. The number of ketones is 1. The quantitative estimate of drug-likeness (QED) is 0.480. The Hall–Kier alpha value is -1.91. The van der Waals surface area contributed by atoms with E-state index in [2.05, 4.69) is 11.8 Å². The summed E-state index contributed by atoms with van der Waals surface area (Å²) < 4.78 is 0. The first-order valence-corrected chi connectivity index (χ1v) is 7.07. The number of carbonyl (C=O) groups excluding carboxylic acids is 1. The zero-order valence-electron chi connectivity index (χ0n) is 12.0. The molecule has 2 rings (SSSR count). The van der Waals surface area contributed by atoms with E-state index in [1.807, 2.05) is 0 Å². The third kappa shape index (κ3) is 2.98. The lowest BCUT2D eigenvalue weighted by atomic mass is 9.94. The largest absolute Gasteiger partial charge is 0.371 e. The van der Waals surface area contributed by atoms with Crippen LogP contribution in [0.25, 0.3) is 0 Å². The van der Waals surface area contributed by atoms with Gasteiger partial charge in [-0.15, -0.1) is 0 Å². The molecule has 1 heterocycles. The highest BCUT2D eigenvalue weighted by molar-refractivity contribution is 6.00. The van der Waals surface area contributed by atoms with E-state index in [0.29, 0.717) is 11.5 Å². The minimum Gasteiger partial charge on any atom is -0.371 e. The highest BCUT2D eigenvalue weighted by Gasteiger charge is 2.23. The lowest BCUT2D eigenvalue weighted by Gasteiger charge is -2.34. The van der Waals surface area contributed by atoms with E-state index < -0.39 is 4.92 Å². The molecular weight excluding hydrogens is 256 g/mol. The molecule has 1 aliphatic heterocycles. The number of anilines is 1. The number of carbonyl (C=O) groups is 1. The van der Waals surface area contributed by atoms with Gasteiger partial charge in [-0.05, 0) is 31.7 Å². The van der Waals surface area contributed by atoms with Crippen LogP contribution in [0.2, 0.25) is 0 Å². The average molecular weight is 276 g/mol. The van der Waals surface area contributed by atoms with E-state index in [4.69, 9.17) is 0 Å². The highest BCUT2D eigenvalue weighted by atomic mass is 16.6. The van der Waals surface area contributed by atoms with E-state index in [1.54, 1.807) is 6.07 Å². The van der Waals surface area contributed by atoms with Gasteiger partial charge in [0.25, 0.3) is 5.69 Å². The van der Waals surface area contributed by atoms with Gasteiger partial charge in [0.1, 0.15) is 0 Å². The van der Waals surface area contributed by atoms with Gasteiger partial charge < -0.3 is 4.90 Å². The Bertz CT molecular complexity index is 528. The second-order valence-corrected chi connectivity index (χ2v) is 5.38. The Morgan fingerprint density at radius 1 is 1.50 bits per heavy atom. The Morgan fingerprint density at radius 3 is 2.85 bits per heavy atom. The van der Waals surface area contributed by atoms with Crippen LogP contribution in [-0.4, -0.2) is 23.8 Å². The maximum absolute atomic E-state index is 11.8. The summed E-state index contributed by atoms with van der Waals surface area (Å²) in [6.45, 7) is 5.48. The standard InChI is InChI=1S/C15H20N2O3/c1-3-12-5-4-8-16(10-12)15-7-6-13(17(19)20)9-14(15)11(2)18/h6-7,9,12H,3-5,8,10H2,1-2H3. The lowest BCUT2D eigenvalue weighted by molar-refractivity contribution is -0.384. The summed E-state index contributed by atoms with van der Waals surface area (Å²) in [5.41, 5.74) is 1.26. The first-order chi connectivity index (χ1) is 9.52. The first kappa shape index (κ1) is 14.5. The second-order valence-electron chi connectivity index (χ2n) is 5.38. The van der Waals surface area contributed by atoms with Gasteiger partial charge in [0.05, 0.1) is 4.92 Å². The van der Waals surface area contributed by atoms with Crippen LogP contribution in [0.1, 0.15) is 43.5 Å². The van der Waals surface area contributed by atoms with Crippen molar-refractivity contribution in [2.75, 3.05) is 18.0 Å². The fraction of sp³-hybridized carbons (Fsp3) is 0.533. The molecule has 1 aromatic rings. The molecule has 0 N–H and O–H groups in total. The van der Waals surface area contributed by atoms with Crippen molar-refractivity contribution in [2.24, 2.45) is 5.92 Å². The number of nitrogens with zero attached hydrogens (tertiary/aromatic N) is 2. The van der Waals surface area contributed by atoms with Crippen LogP contribution in [-0.2, 0) is 0 Å². The zero-order valence-corrected chi connectivity index (χ0v) is 12.0. The Labute approximate surface area is 118 Å². The van der Waals surface area contributed by atoms with Crippen molar-refractivity contribution in [1.29, 1.82) is 0 Å². The van der Waals surface area contributed by atoms with Crippen LogP contribution in [0, 0.1) is 16.0 Å². The summed E-state index contributed by atoms with van der Waals surface area (Å²) in [5.74, 6) is 0.515. The van der Waals surface area contributed by atoms with Crippen LogP contribution in [0.5, 0.6) is 0 Å². The fourth-order valence-electron chi connectivity index (χ4n) is 2.81. The number of non-ortho nitro benzene ring substituents is 1. The van der Waals surface area contributed by atoms with Gasteiger partial charge in [0, 0.05) is 36.5 Å². The first-order valence-electron chi connectivity index (χ1n) is 7.07. The molecule has 0 aromatic heterocycles. The Kier molecular flexibility index (Phi) is 4.37. The molecule has 0 bridgehead atoms. The molecule has 1 aliphatic rings. The van der Waals surface area contributed by atoms with Crippen molar-refractivity contribution >= 4 is 17.2 Å². The Balaban J connectivity index is 2.35. The summed E-state index contributed by atoms with van der Waals surface area (Å²) >= 11 is 0. The van der Waals surface area contributed by atoms with Crippen LogP contribution < -0.4 is 4.90 Å². The third-order valence-corrected chi connectivity index (χ3v) is 4.01. The minimum atomic E-state index is -0.457. The molecule has 1 saturated heterocycles. The number of Topliss-reactive ketones (excluding diaryl/α,β-unsaturated/α-hetero) is 1. The number of piperidine rings is 1. The molecule has 108 valence electrons. The number of nitro groups is 1. The van der Waals surface area contributed by atoms with E-state index in [1.165, 1.54) is 25.5 Å². The van der Waals surface area contributed by atoms with Crippen molar-refractivity contribution in [3.8, 4) is 0 Å². The van der Waals surface area contributed by atoms with Gasteiger partial charge in [-0.3, -0.25) is 14.9 Å². The Morgan fingerprint density at radius 2 is 2.25 bits per heavy atom. The van der Waals surface area contributed by atoms with Gasteiger partial charge in [0.15, 0.2) is 5.78 Å². The number of rotatable bonds is 4. The van der Waals surface area contributed by atoms with Crippen LogP contribution in [0.15, 0.2) is 18.2 Å². The van der Waals surface area contributed by atoms with Crippen molar-refractivity contribution < 1.29 is 9.72 Å². The van der Waals surface area contributed by atoms with E-state index in [-0.39, 0.29) is 11.5 Å². The summed E-state index contributed by atoms with van der Waals surface area (Å²) in [6, 6.07) is 4.59. The molecule has 0 radical (unpaired) electrons. The molecule has 5 nitrogen and oxygen atoms in total. The van der Waals surface area contributed by atoms with E-state index >= 15 is 0 Å². The second kappa shape index (κ2) is 6.03. The number of nitro benzene ring substituents is 1. The third-order valence-electron chi connectivity index (χ3n) is 4.01. The minimum absolute atomic E-state index is 0.0250. The highest BCUT2D eigenvalue weighted by Crippen LogP contribution is 2.30. The normalized spacial score (nSPS) is 18.9. The predicted molar refractivity (Wildman–Crippen MR) is 78.3 cm³/mol. The number of benzene rings is 1. The smallest absolute Gasteiger partial charge is 0.270 e. The van der Waals surface area contributed by atoms with Crippen molar-refractivity contribution in [2.45, 2.75) is 33.1 Å². The molecule has 1 aromatic carbocycles. The maximum Gasteiger partial charge on any atom is 0.270 e. The molecule has 1 fully saturated rings. The molecule has 0 amide bonds. The lowest BCUT2D eigenvalue weighted by Crippen LogP contribution is -2.36. The van der Waals surface area contributed by atoms with Crippen molar-refractivity contribution in [3.05, 3.63) is 33.9 Å². The molecule has 0 aliphatic carbocycles. The predicted octanol–water partition coefficient (Wildman–Crippen LogP) is 3.42. The monoisotopic (exact) mass is 276 g/mol. The number of hydrogen-bond acceptors (Lipinski definition) is 4. The molecule has 1 atom stereocenters. The maximum atomic E-state index is 11.8. The van der Waals surface area contributed by atoms with E-state index in [9.17, 15) is 14.9 Å². The summed E-state index contributed by atoms with van der Waals surface area (Å²) in [5, 5.41) is 10.8. The van der Waals surface area contributed by atoms with Crippen LogP contribution in [0.4, 0.5) is 11.4 Å². The zero-order chi connectivity index (χ0) is 14.7. The van der Waals surface area contributed by atoms with Gasteiger partial charge in [-0.2, -0.15) is 0 Å².